The Hall–Kier alpha value is -1.11. The maximum atomic E-state index is 10.9. The van der Waals surface area contributed by atoms with E-state index in [1.54, 1.807) is 0 Å². The van der Waals surface area contributed by atoms with E-state index in [1.807, 2.05) is 0 Å². The minimum Gasteiger partial charge on any atom is -0.343 e. The lowest BCUT2D eigenvalue weighted by Gasteiger charge is -2.02. The first kappa shape index (κ1) is 11.0. The monoisotopic (exact) mass is 235 g/mol. The Morgan fingerprint density at radius 3 is 2.86 bits per heavy atom. The van der Waals surface area contributed by atoms with Gasteiger partial charge in [0.1, 0.15) is 11.9 Å². The second-order valence-electron chi connectivity index (χ2n) is 2.30. The fraction of sp³-hybridized carbons (Fsp3) is 0. The molecule has 0 fully saturated rings. The highest BCUT2D eigenvalue weighted by Gasteiger charge is 2.07. The van der Waals surface area contributed by atoms with Crippen LogP contribution < -0.4 is 4.72 Å². The number of rotatable bonds is 3. The lowest BCUT2D eigenvalue weighted by molar-refractivity contribution is 0.0751. The van der Waals surface area contributed by atoms with E-state index >= 15 is 0 Å². The van der Waals surface area contributed by atoms with E-state index in [2.05, 4.69) is 9.01 Å². The molecule has 1 aromatic rings. The van der Waals surface area contributed by atoms with Crippen LogP contribution in [0.3, 0.4) is 0 Å². The maximum Gasteiger partial charge on any atom is 0.356 e. The van der Waals surface area contributed by atoms with Crippen molar-refractivity contribution in [1.29, 1.82) is 0 Å². The van der Waals surface area contributed by atoms with Crippen molar-refractivity contribution >= 4 is 34.8 Å². The van der Waals surface area contributed by atoms with Crippen molar-refractivity contribution in [3.8, 4) is 0 Å². The third kappa shape index (κ3) is 2.99. The quantitative estimate of drug-likeness (QED) is 0.780. The van der Waals surface area contributed by atoms with Gasteiger partial charge in [0.25, 0.3) is 11.3 Å². The number of hydrogen-bond acceptors (Lipinski definition) is 3. The van der Waals surface area contributed by atoms with Crippen LogP contribution in [-0.4, -0.2) is 14.7 Å². The van der Waals surface area contributed by atoms with E-state index in [1.165, 1.54) is 24.3 Å². The van der Waals surface area contributed by atoms with Gasteiger partial charge in [-0.05, 0) is 18.2 Å². The molecule has 0 amide bonds. The van der Waals surface area contributed by atoms with E-state index in [4.69, 9.17) is 16.4 Å². The molecule has 0 spiro atoms. The summed E-state index contributed by atoms with van der Waals surface area (Å²) in [5.74, 6) is -0.723. The van der Waals surface area contributed by atoms with Crippen molar-refractivity contribution in [2.75, 3.05) is 4.72 Å². The number of carbonyl (C=O) groups excluding carboxylic acids is 1. The minimum absolute atomic E-state index is 0.190. The number of halogens is 1. The van der Waals surface area contributed by atoms with Gasteiger partial charge in [-0.25, -0.2) is 9.00 Å². The molecule has 1 unspecified atom stereocenters. The van der Waals surface area contributed by atoms with Gasteiger partial charge in [0.05, 0.1) is 5.56 Å². The average molecular weight is 236 g/mol. The Kier molecular flexibility index (Phi) is 3.87. The zero-order valence-electron chi connectivity index (χ0n) is 6.77. The lowest BCUT2D eigenvalue weighted by Crippen LogP contribution is -2.04. The van der Waals surface area contributed by atoms with Crippen LogP contribution in [-0.2, 0) is 15.6 Å². The van der Waals surface area contributed by atoms with Crippen LogP contribution in [0.5, 0.6) is 0 Å². The van der Waals surface area contributed by atoms with Gasteiger partial charge in [0.2, 0.25) is 0 Å². The number of hydrogen-bond donors (Lipinski definition) is 2. The van der Waals surface area contributed by atoms with Gasteiger partial charge in [-0.15, -0.1) is 0 Å². The number of carbonyl (C=O) groups is 1. The molecule has 2 N–H and O–H groups in total. The summed E-state index contributed by atoms with van der Waals surface area (Å²) in [4.78, 5) is 10.9. The van der Waals surface area contributed by atoms with E-state index < -0.39 is 17.2 Å². The van der Waals surface area contributed by atoms with Crippen molar-refractivity contribution < 1.29 is 17.8 Å². The third-order valence-corrected chi connectivity index (χ3v) is 1.92. The highest BCUT2D eigenvalue weighted by Crippen LogP contribution is 2.12. The number of benzene rings is 1. The molecule has 0 aliphatic carbocycles. The van der Waals surface area contributed by atoms with Crippen LogP contribution in [0.1, 0.15) is 10.4 Å². The minimum atomic E-state index is -2.18. The van der Waals surface area contributed by atoms with Crippen LogP contribution in [0, 0.1) is 0 Å². The summed E-state index contributed by atoms with van der Waals surface area (Å²) in [6.07, 6.45) is 0. The normalized spacial score (nSPS) is 11.9. The maximum absolute atomic E-state index is 10.9. The zero-order chi connectivity index (χ0) is 10.6. The predicted octanol–water partition coefficient (Wildman–Crippen LogP) is 1.55. The standard InChI is InChI=1S/C7H6ClNO4S/c8-13-7(10)5-2-1-3-6(4-5)9-14(11)12/h1-4,9H,(H,11,12). The zero-order valence-corrected chi connectivity index (χ0v) is 8.34. The van der Waals surface area contributed by atoms with Gasteiger partial charge in [0, 0.05) is 5.69 Å². The van der Waals surface area contributed by atoms with Crippen molar-refractivity contribution in [3.63, 3.8) is 0 Å². The van der Waals surface area contributed by atoms with Crippen LogP contribution in [0.25, 0.3) is 0 Å². The first-order chi connectivity index (χ1) is 6.63. The van der Waals surface area contributed by atoms with E-state index in [0.29, 0.717) is 5.69 Å². The van der Waals surface area contributed by atoms with Gasteiger partial charge in [0.15, 0.2) is 0 Å². The second kappa shape index (κ2) is 4.94. The predicted molar refractivity (Wildman–Crippen MR) is 52.1 cm³/mol. The summed E-state index contributed by atoms with van der Waals surface area (Å²) in [6.45, 7) is 0. The highest BCUT2D eigenvalue weighted by atomic mass is 35.5. The Balaban J connectivity index is 2.89. The molecule has 5 nitrogen and oxygen atoms in total. The molecular weight excluding hydrogens is 230 g/mol. The summed E-state index contributed by atoms with van der Waals surface area (Å²) in [5.41, 5.74) is 0.515. The van der Waals surface area contributed by atoms with Gasteiger partial charge >= 0.3 is 5.97 Å². The number of anilines is 1. The molecule has 0 bridgehead atoms. The van der Waals surface area contributed by atoms with Crippen molar-refractivity contribution in [2.45, 2.75) is 0 Å². The van der Waals surface area contributed by atoms with Gasteiger partial charge in [-0.1, -0.05) is 6.07 Å². The molecule has 0 aliphatic heterocycles. The van der Waals surface area contributed by atoms with E-state index in [9.17, 15) is 9.00 Å². The fourth-order valence-corrected chi connectivity index (χ4v) is 1.27. The number of nitrogens with one attached hydrogen (secondary N) is 1. The largest absolute Gasteiger partial charge is 0.356 e. The molecular formula is C7H6ClNO4S. The topological polar surface area (TPSA) is 75.6 Å². The van der Waals surface area contributed by atoms with Gasteiger partial charge in [-0.2, -0.15) is 0 Å². The molecule has 7 heteroatoms. The Morgan fingerprint density at radius 2 is 2.29 bits per heavy atom. The summed E-state index contributed by atoms with van der Waals surface area (Å²) >= 11 is 2.69. The van der Waals surface area contributed by atoms with Crippen LogP contribution in [0.15, 0.2) is 24.3 Å². The molecule has 0 aromatic heterocycles. The molecule has 0 heterocycles. The summed E-state index contributed by atoms with van der Waals surface area (Å²) in [6, 6.07) is 5.87. The summed E-state index contributed by atoms with van der Waals surface area (Å²) < 4.78 is 25.1. The molecule has 1 rings (SSSR count). The SMILES string of the molecule is O=C(OCl)c1cccc(NS(=O)O)c1. The molecule has 0 saturated heterocycles. The second-order valence-corrected chi connectivity index (χ2v) is 3.15. The van der Waals surface area contributed by atoms with Crippen LogP contribution >= 0.6 is 11.9 Å². The molecule has 76 valence electrons. The summed E-state index contributed by atoms with van der Waals surface area (Å²) in [7, 11) is 0. The van der Waals surface area contributed by atoms with Crippen LogP contribution in [0.4, 0.5) is 5.69 Å². The van der Waals surface area contributed by atoms with Gasteiger partial charge in [-0.3, -0.25) is 9.27 Å². The first-order valence-corrected chi connectivity index (χ1v) is 4.85. The molecule has 0 saturated carbocycles. The Labute approximate surface area is 87.6 Å². The molecule has 1 atom stereocenters. The van der Waals surface area contributed by atoms with Crippen molar-refractivity contribution in [3.05, 3.63) is 29.8 Å². The van der Waals surface area contributed by atoms with E-state index in [0.717, 1.165) is 0 Å². The molecule has 0 radical (unpaired) electrons. The fourth-order valence-electron chi connectivity index (χ4n) is 0.855. The van der Waals surface area contributed by atoms with Crippen LogP contribution in [0.2, 0.25) is 0 Å². The van der Waals surface area contributed by atoms with E-state index in [-0.39, 0.29) is 5.56 Å². The highest BCUT2D eigenvalue weighted by molar-refractivity contribution is 7.80. The first-order valence-electron chi connectivity index (χ1n) is 3.44. The third-order valence-electron chi connectivity index (χ3n) is 1.37. The lowest BCUT2D eigenvalue weighted by atomic mass is 10.2. The Bertz CT molecular complexity index is 370. The van der Waals surface area contributed by atoms with Crippen molar-refractivity contribution in [2.24, 2.45) is 0 Å². The molecule has 0 aliphatic rings. The van der Waals surface area contributed by atoms with Crippen molar-refractivity contribution in [1.82, 2.24) is 0 Å². The molecule has 1 aromatic carbocycles. The Morgan fingerprint density at radius 1 is 1.57 bits per heavy atom. The summed E-state index contributed by atoms with van der Waals surface area (Å²) in [5, 5.41) is 0. The van der Waals surface area contributed by atoms with Gasteiger partial charge < -0.3 is 4.29 Å². The molecule has 14 heavy (non-hydrogen) atoms. The smallest absolute Gasteiger partial charge is 0.343 e. The average Bonchev–Trinajstić information content (AvgIpc) is 2.16.